The van der Waals surface area contributed by atoms with Crippen molar-refractivity contribution in [3.63, 3.8) is 0 Å². The van der Waals surface area contributed by atoms with Crippen molar-refractivity contribution in [2.24, 2.45) is 0 Å². The number of carbonyl (C=O) groups excluding carboxylic acids is 1. The number of hydrogen-bond acceptors (Lipinski definition) is 5. The molecule has 0 saturated carbocycles. The molecular formula is C19H31N3O3. The summed E-state index contributed by atoms with van der Waals surface area (Å²) in [4.78, 5) is 14.6. The number of benzene rings is 1. The Bertz CT molecular complexity index is 539. The highest BCUT2D eigenvalue weighted by molar-refractivity contribution is 5.91. The lowest BCUT2D eigenvalue weighted by Crippen LogP contribution is -2.55. The molecule has 1 atom stereocenters. The lowest BCUT2D eigenvalue weighted by Gasteiger charge is -2.41. The molecule has 0 aromatic heterocycles. The molecule has 0 bridgehead atoms. The quantitative estimate of drug-likeness (QED) is 0.753. The van der Waals surface area contributed by atoms with Crippen LogP contribution in [0.15, 0.2) is 24.3 Å². The number of amides is 1. The van der Waals surface area contributed by atoms with Crippen molar-refractivity contribution < 1.29 is 14.3 Å². The van der Waals surface area contributed by atoms with Crippen molar-refractivity contribution in [1.29, 1.82) is 0 Å². The van der Waals surface area contributed by atoms with E-state index >= 15 is 0 Å². The molecular weight excluding hydrogens is 318 g/mol. The van der Waals surface area contributed by atoms with Crippen molar-refractivity contribution in [2.75, 3.05) is 45.3 Å². The van der Waals surface area contributed by atoms with Crippen LogP contribution in [0.5, 0.6) is 5.75 Å². The second-order valence-corrected chi connectivity index (χ2v) is 7.17. The lowest BCUT2D eigenvalue weighted by molar-refractivity contribution is -0.116. The Morgan fingerprint density at radius 3 is 2.52 bits per heavy atom. The normalized spacial score (nSPS) is 17.1. The molecule has 1 aromatic carbocycles. The maximum atomic E-state index is 12.2. The molecule has 1 aliphatic heterocycles. The van der Waals surface area contributed by atoms with Gasteiger partial charge in [0.1, 0.15) is 5.75 Å². The average Bonchev–Trinajstić information content (AvgIpc) is 2.61. The van der Waals surface area contributed by atoms with E-state index in [4.69, 9.17) is 9.47 Å². The molecule has 0 unspecified atom stereocenters. The summed E-state index contributed by atoms with van der Waals surface area (Å²) in [5.41, 5.74) is 0.830. The first-order valence-corrected chi connectivity index (χ1v) is 8.91. The predicted octanol–water partition coefficient (Wildman–Crippen LogP) is 2.11. The van der Waals surface area contributed by atoms with Crippen LogP contribution in [0.3, 0.4) is 0 Å². The van der Waals surface area contributed by atoms with Crippen LogP contribution in [0.2, 0.25) is 0 Å². The summed E-state index contributed by atoms with van der Waals surface area (Å²) < 4.78 is 10.5. The number of carbonyl (C=O) groups is 1. The van der Waals surface area contributed by atoms with Crippen LogP contribution in [0.4, 0.5) is 5.69 Å². The van der Waals surface area contributed by atoms with E-state index in [1.54, 1.807) is 7.11 Å². The van der Waals surface area contributed by atoms with Crippen LogP contribution in [0.25, 0.3) is 0 Å². The summed E-state index contributed by atoms with van der Waals surface area (Å²) in [7, 11) is 1.62. The van der Waals surface area contributed by atoms with Gasteiger partial charge >= 0.3 is 0 Å². The summed E-state index contributed by atoms with van der Waals surface area (Å²) in [5.74, 6) is 0.785. The SMILES string of the molecule is COc1ccc(NC(=O)C[C@H](C)NCC(C)(C)N2CCOCC2)cc1. The van der Waals surface area contributed by atoms with E-state index in [1.165, 1.54) is 0 Å². The zero-order chi connectivity index (χ0) is 18.3. The minimum Gasteiger partial charge on any atom is -0.497 e. The smallest absolute Gasteiger partial charge is 0.225 e. The van der Waals surface area contributed by atoms with Gasteiger partial charge in [0, 0.05) is 43.3 Å². The fourth-order valence-electron chi connectivity index (χ4n) is 2.94. The first-order chi connectivity index (χ1) is 11.9. The van der Waals surface area contributed by atoms with Gasteiger partial charge in [-0.15, -0.1) is 0 Å². The summed E-state index contributed by atoms with van der Waals surface area (Å²) in [6.07, 6.45) is 0.436. The Labute approximate surface area is 150 Å². The van der Waals surface area contributed by atoms with E-state index in [9.17, 15) is 4.79 Å². The third kappa shape index (κ3) is 6.30. The molecule has 0 aliphatic carbocycles. The highest BCUT2D eigenvalue weighted by Crippen LogP contribution is 2.17. The average molecular weight is 349 g/mol. The maximum Gasteiger partial charge on any atom is 0.225 e. The lowest BCUT2D eigenvalue weighted by atomic mass is 10.0. The van der Waals surface area contributed by atoms with Crippen molar-refractivity contribution in [3.8, 4) is 5.75 Å². The first-order valence-electron chi connectivity index (χ1n) is 8.91. The van der Waals surface area contributed by atoms with Crippen molar-refractivity contribution in [2.45, 2.75) is 38.8 Å². The van der Waals surface area contributed by atoms with Gasteiger partial charge in [-0.1, -0.05) is 0 Å². The van der Waals surface area contributed by atoms with Crippen LogP contribution in [0, 0.1) is 0 Å². The standard InChI is InChI=1S/C19H31N3O3/c1-15(20-14-19(2,3)22-9-11-25-12-10-22)13-18(23)21-16-5-7-17(24-4)8-6-16/h5-8,15,20H,9-14H2,1-4H3,(H,21,23)/t15-/m0/s1. The summed E-state index contributed by atoms with van der Waals surface area (Å²) in [6, 6.07) is 7.47. The molecule has 2 rings (SSSR count). The highest BCUT2D eigenvalue weighted by Gasteiger charge is 2.28. The number of nitrogens with zero attached hydrogens (tertiary/aromatic N) is 1. The fraction of sp³-hybridized carbons (Fsp3) is 0.632. The monoisotopic (exact) mass is 349 g/mol. The van der Waals surface area contributed by atoms with Crippen LogP contribution < -0.4 is 15.4 Å². The molecule has 1 heterocycles. The number of hydrogen-bond donors (Lipinski definition) is 2. The number of rotatable bonds is 8. The van der Waals surface area contributed by atoms with Crippen molar-refractivity contribution in [1.82, 2.24) is 10.2 Å². The molecule has 25 heavy (non-hydrogen) atoms. The second kappa shape index (κ2) is 9.17. The minimum absolute atomic E-state index is 0.00865. The Kier molecular flexibility index (Phi) is 7.23. The van der Waals surface area contributed by atoms with E-state index in [0.29, 0.717) is 6.42 Å². The van der Waals surface area contributed by atoms with Crippen molar-refractivity contribution in [3.05, 3.63) is 24.3 Å². The molecule has 1 aliphatic rings. The highest BCUT2D eigenvalue weighted by atomic mass is 16.5. The zero-order valence-electron chi connectivity index (χ0n) is 15.8. The van der Waals surface area contributed by atoms with Gasteiger partial charge in [-0.2, -0.15) is 0 Å². The minimum atomic E-state index is 0.00865. The summed E-state index contributed by atoms with van der Waals surface area (Å²) >= 11 is 0. The Morgan fingerprint density at radius 1 is 1.28 bits per heavy atom. The number of morpholine rings is 1. The number of methoxy groups -OCH3 is 1. The first kappa shape index (κ1) is 19.7. The molecule has 1 saturated heterocycles. The number of ether oxygens (including phenoxy) is 2. The van der Waals surface area contributed by atoms with E-state index in [1.807, 2.05) is 31.2 Å². The maximum absolute atomic E-state index is 12.2. The molecule has 1 amide bonds. The molecule has 140 valence electrons. The molecule has 1 fully saturated rings. The molecule has 6 nitrogen and oxygen atoms in total. The third-order valence-corrected chi connectivity index (χ3v) is 4.62. The van der Waals surface area contributed by atoms with E-state index < -0.39 is 0 Å². The summed E-state index contributed by atoms with van der Waals surface area (Å²) in [5, 5.41) is 6.42. The van der Waals surface area contributed by atoms with Gasteiger partial charge in [0.25, 0.3) is 0 Å². The van der Waals surface area contributed by atoms with Crippen LogP contribution in [-0.2, 0) is 9.53 Å². The largest absolute Gasteiger partial charge is 0.497 e. The second-order valence-electron chi connectivity index (χ2n) is 7.17. The molecule has 2 N–H and O–H groups in total. The van der Waals surface area contributed by atoms with Crippen molar-refractivity contribution >= 4 is 11.6 Å². The van der Waals surface area contributed by atoms with Gasteiger partial charge in [0.2, 0.25) is 5.91 Å². The van der Waals surface area contributed by atoms with Gasteiger partial charge in [0.05, 0.1) is 20.3 Å². The molecule has 0 spiro atoms. The number of nitrogens with one attached hydrogen (secondary N) is 2. The van der Waals surface area contributed by atoms with Gasteiger partial charge in [-0.05, 0) is 45.0 Å². The van der Waals surface area contributed by atoms with Gasteiger partial charge < -0.3 is 20.1 Å². The van der Waals surface area contributed by atoms with Crippen LogP contribution in [0.1, 0.15) is 27.2 Å². The van der Waals surface area contributed by atoms with E-state index in [2.05, 4.69) is 29.4 Å². The van der Waals surface area contributed by atoms with Crippen LogP contribution in [-0.4, -0.2) is 62.3 Å². The molecule has 0 radical (unpaired) electrons. The Morgan fingerprint density at radius 2 is 1.92 bits per heavy atom. The van der Waals surface area contributed by atoms with E-state index in [-0.39, 0.29) is 17.5 Å². The molecule has 6 heteroatoms. The Balaban J connectivity index is 1.74. The summed E-state index contributed by atoms with van der Waals surface area (Å²) in [6.45, 7) is 10.9. The number of anilines is 1. The van der Waals surface area contributed by atoms with Crippen LogP contribution >= 0.6 is 0 Å². The zero-order valence-corrected chi connectivity index (χ0v) is 15.8. The van der Waals surface area contributed by atoms with Gasteiger partial charge in [-0.3, -0.25) is 9.69 Å². The van der Waals surface area contributed by atoms with Gasteiger partial charge in [-0.25, -0.2) is 0 Å². The fourth-order valence-corrected chi connectivity index (χ4v) is 2.94. The van der Waals surface area contributed by atoms with E-state index in [0.717, 1.165) is 44.3 Å². The molecule has 1 aromatic rings. The Hall–Kier alpha value is -1.63. The van der Waals surface area contributed by atoms with Gasteiger partial charge in [0.15, 0.2) is 0 Å². The topological polar surface area (TPSA) is 62.8 Å². The predicted molar refractivity (Wildman–Crippen MR) is 100 cm³/mol. The third-order valence-electron chi connectivity index (χ3n) is 4.62.